The summed E-state index contributed by atoms with van der Waals surface area (Å²) in [6.45, 7) is 0. The van der Waals surface area contributed by atoms with Crippen LogP contribution in [0, 0.1) is 0 Å². The third-order valence-electron chi connectivity index (χ3n) is 3.93. The number of rotatable bonds is 3. The molecule has 0 aliphatic heterocycles. The van der Waals surface area contributed by atoms with Crippen LogP contribution in [0.1, 0.15) is 55.6 Å². The standard InChI is InChI=1S/C15H18ClN3O/c16-12-6-4-5-11(9-12)14(20)15-17-10-18-19(15)13-7-2-1-3-8-13/h4-6,9-10,13-14,20H,1-3,7-8H2. The molecule has 1 fully saturated rings. The molecular weight excluding hydrogens is 274 g/mol. The maximum absolute atomic E-state index is 10.5. The molecule has 1 aliphatic rings. The molecular formula is C15H18ClN3O. The van der Waals surface area contributed by atoms with Gasteiger partial charge < -0.3 is 5.11 Å². The summed E-state index contributed by atoms with van der Waals surface area (Å²) in [5.41, 5.74) is 0.752. The summed E-state index contributed by atoms with van der Waals surface area (Å²) in [7, 11) is 0. The maximum Gasteiger partial charge on any atom is 0.160 e. The lowest BCUT2D eigenvalue weighted by atomic mass is 9.95. The van der Waals surface area contributed by atoms with Crippen molar-refractivity contribution in [3.8, 4) is 0 Å². The molecule has 20 heavy (non-hydrogen) atoms. The zero-order chi connectivity index (χ0) is 13.9. The van der Waals surface area contributed by atoms with Crippen molar-refractivity contribution >= 4 is 11.6 Å². The van der Waals surface area contributed by atoms with Crippen LogP contribution in [0.2, 0.25) is 5.02 Å². The second-order valence-electron chi connectivity index (χ2n) is 5.31. The van der Waals surface area contributed by atoms with E-state index in [1.54, 1.807) is 12.1 Å². The fourth-order valence-electron chi connectivity index (χ4n) is 2.89. The maximum atomic E-state index is 10.5. The first-order valence-electron chi connectivity index (χ1n) is 7.08. The van der Waals surface area contributed by atoms with E-state index in [2.05, 4.69) is 10.1 Å². The molecule has 0 bridgehead atoms. The predicted octanol–water partition coefficient (Wildman–Crippen LogP) is 3.52. The van der Waals surface area contributed by atoms with E-state index in [0.29, 0.717) is 16.9 Å². The second kappa shape index (κ2) is 5.94. The normalized spacial score (nSPS) is 18.1. The molecule has 2 aromatic rings. The van der Waals surface area contributed by atoms with Gasteiger partial charge in [-0.2, -0.15) is 5.10 Å². The van der Waals surface area contributed by atoms with Gasteiger partial charge in [0, 0.05) is 5.02 Å². The van der Waals surface area contributed by atoms with E-state index in [4.69, 9.17) is 11.6 Å². The SMILES string of the molecule is OC(c1cccc(Cl)c1)c1ncnn1C1CCCCC1. The molecule has 0 radical (unpaired) electrons. The molecule has 0 amide bonds. The van der Waals surface area contributed by atoms with E-state index in [1.807, 2.05) is 16.8 Å². The van der Waals surface area contributed by atoms with Gasteiger partial charge in [0.15, 0.2) is 5.82 Å². The number of hydrogen-bond acceptors (Lipinski definition) is 3. The highest BCUT2D eigenvalue weighted by atomic mass is 35.5. The van der Waals surface area contributed by atoms with Crippen molar-refractivity contribution in [3.63, 3.8) is 0 Å². The predicted molar refractivity (Wildman–Crippen MR) is 77.7 cm³/mol. The second-order valence-corrected chi connectivity index (χ2v) is 5.75. The van der Waals surface area contributed by atoms with Crippen molar-refractivity contribution < 1.29 is 5.11 Å². The Morgan fingerprint density at radius 2 is 2.05 bits per heavy atom. The van der Waals surface area contributed by atoms with Crippen LogP contribution >= 0.6 is 11.6 Å². The van der Waals surface area contributed by atoms with Crippen molar-refractivity contribution in [3.05, 3.63) is 47.0 Å². The van der Waals surface area contributed by atoms with E-state index in [-0.39, 0.29) is 0 Å². The van der Waals surface area contributed by atoms with Crippen LogP contribution in [-0.2, 0) is 0 Å². The van der Waals surface area contributed by atoms with Gasteiger partial charge in [-0.05, 0) is 30.5 Å². The highest BCUT2D eigenvalue weighted by Gasteiger charge is 2.23. The topological polar surface area (TPSA) is 50.9 Å². The molecule has 1 N–H and O–H groups in total. The number of aliphatic hydroxyl groups is 1. The summed E-state index contributed by atoms with van der Waals surface area (Å²) in [6, 6.07) is 7.61. The Kier molecular flexibility index (Phi) is 4.03. The fourth-order valence-corrected chi connectivity index (χ4v) is 3.09. The van der Waals surface area contributed by atoms with E-state index < -0.39 is 6.10 Å². The van der Waals surface area contributed by atoms with Crippen LogP contribution in [0.15, 0.2) is 30.6 Å². The van der Waals surface area contributed by atoms with Crippen molar-refractivity contribution in [1.82, 2.24) is 14.8 Å². The van der Waals surface area contributed by atoms with Crippen molar-refractivity contribution in [2.75, 3.05) is 0 Å². The molecule has 1 aromatic carbocycles. The van der Waals surface area contributed by atoms with E-state index >= 15 is 0 Å². The van der Waals surface area contributed by atoms with Crippen molar-refractivity contribution in [2.24, 2.45) is 0 Å². The van der Waals surface area contributed by atoms with Crippen LogP contribution in [0.3, 0.4) is 0 Å². The fraction of sp³-hybridized carbons (Fsp3) is 0.467. The zero-order valence-corrected chi connectivity index (χ0v) is 12.0. The molecule has 1 aliphatic carbocycles. The first kappa shape index (κ1) is 13.6. The van der Waals surface area contributed by atoms with Crippen LogP contribution in [0.4, 0.5) is 0 Å². The van der Waals surface area contributed by atoms with E-state index in [0.717, 1.165) is 18.4 Å². The lowest BCUT2D eigenvalue weighted by Gasteiger charge is -2.24. The molecule has 1 atom stereocenters. The minimum atomic E-state index is -0.780. The van der Waals surface area contributed by atoms with Gasteiger partial charge in [-0.1, -0.05) is 43.0 Å². The number of aromatic nitrogens is 3. The highest BCUT2D eigenvalue weighted by molar-refractivity contribution is 6.30. The summed E-state index contributed by atoms with van der Waals surface area (Å²) in [4.78, 5) is 4.26. The lowest BCUT2D eigenvalue weighted by molar-refractivity contribution is 0.192. The minimum Gasteiger partial charge on any atom is -0.380 e. The van der Waals surface area contributed by atoms with Gasteiger partial charge in [0.1, 0.15) is 12.4 Å². The van der Waals surface area contributed by atoms with Crippen LogP contribution in [-0.4, -0.2) is 19.9 Å². The van der Waals surface area contributed by atoms with E-state index in [1.165, 1.54) is 25.6 Å². The summed E-state index contributed by atoms with van der Waals surface area (Å²) >= 11 is 5.98. The van der Waals surface area contributed by atoms with Crippen LogP contribution < -0.4 is 0 Å². The Bertz CT molecular complexity index is 578. The molecule has 1 unspecified atom stereocenters. The molecule has 3 rings (SSSR count). The summed E-state index contributed by atoms with van der Waals surface area (Å²) < 4.78 is 1.89. The number of halogens is 1. The highest BCUT2D eigenvalue weighted by Crippen LogP contribution is 2.31. The quantitative estimate of drug-likeness (QED) is 0.941. The van der Waals surface area contributed by atoms with Crippen molar-refractivity contribution in [2.45, 2.75) is 44.2 Å². The Morgan fingerprint density at radius 3 is 2.80 bits per heavy atom. The van der Waals surface area contributed by atoms with Gasteiger partial charge in [-0.15, -0.1) is 0 Å². The number of nitrogens with zero attached hydrogens (tertiary/aromatic N) is 3. The monoisotopic (exact) mass is 291 g/mol. The Morgan fingerprint density at radius 1 is 1.25 bits per heavy atom. The van der Waals surface area contributed by atoms with Gasteiger partial charge in [0.2, 0.25) is 0 Å². The number of aliphatic hydroxyl groups excluding tert-OH is 1. The van der Waals surface area contributed by atoms with Gasteiger partial charge in [0.05, 0.1) is 6.04 Å². The molecule has 1 aromatic heterocycles. The number of hydrogen-bond donors (Lipinski definition) is 1. The Hall–Kier alpha value is -1.39. The van der Waals surface area contributed by atoms with Gasteiger partial charge in [0.25, 0.3) is 0 Å². The average molecular weight is 292 g/mol. The van der Waals surface area contributed by atoms with Gasteiger partial charge in [-0.3, -0.25) is 0 Å². The molecule has 4 nitrogen and oxygen atoms in total. The van der Waals surface area contributed by atoms with Gasteiger partial charge in [-0.25, -0.2) is 9.67 Å². The van der Waals surface area contributed by atoms with Gasteiger partial charge >= 0.3 is 0 Å². The summed E-state index contributed by atoms with van der Waals surface area (Å²) in [5.74, 6) is 0.610. The summed E-state index contributed by atoms with van der Waals surface area (Å²) in [6.07, 6.45) is 6.69. The average Bonchev–Trinajstić information content (AvgIpc) is 2.97. The zero-order valence-electron chi connectivity index (χ0n) is 11.2. The van der Waals surface area contributed by atoms with Crippen LogP contribution in [0.5, 0.6) is 0 Å². The molecule has 5 heteroatoms. The Labute approximate surface area is 123 Å². The Balaban J connectivity index is 1.88. The first-order chi connectivity index (χ1) is 9.75. The smallest absolute Gasteiger partial charge is 0.160 e. The lowest BCUT2D eigenvalue weighted by Crippen LogP contribution is -2.19. The molecule has 106 valence electrons. The largest absolute Gasteiger partial charge is 0.380 e. The number of benzene rings is 1. The first-order valence-corrected chi connectivity index (χ1v) is 7.46. The van der Waals surface area contributed by atoms with E-state index in [9.17, 15) is 5.11 Å². The molecule has 0 spiro atoms. The molecule has 0 saturated heterocycles. The van der Waals surface area contributed by atoms with Crippen LogP contribution in [0.25, 0.3) is 0 Å². The minimum absolute atomic E-state index is 0.357. The molecule has 1 heterocycles. The van der Waals surface area contributed by atoms with Crippen molar-refractivity contribution in [1.29, 1.82) is 0 Å². The third kappa shape index (κ3) is 2.72. The summed E-state index contributed by atoms with van der Waals surface area (Å²) in [5, 5.41) is 15.5. The molecule has 1 saturated carbocycles. The third-order valence-corrected chi connectivity index (χ3v) is 4.17.